The van der Waals surface area contributed by atoms with Gasteiger partial charge in [0.05, 0.1) is 0 Å². The summed E-state index contributed by atoms with van der Waals surface area (Å²) in [7, 11) is 0. The van der Waals surface area contributed by atoms with Gasteiger partial charge in [0.1, 0.15) is 11.6 Å². The van der Waals surface area contributed by atoms with Crippen molar-refractivity contribution in [3.63, 3.8) is 0 Å². The van der Waals surface area contributed by atoms with Crippen LogP contribution < -0.4 is 5.32 Å². The first-order valence-corrected chi connectivity index (χ1v) is 4.15. The molecule has 4 nitrogen and oxygen atoms in total. The molecule has 0 saturated carbocycles. The van der Waals surface area contributed by atoms with Crippen molar-refractivity contribution in [1.29, 1.82) is 0 Å². The van der Waals surface area contributed by atoms with E-state index in [-0.39, 0.29) is 0 Å². The van der Waals surface area contributed by atoms with Crippen molar-refractivity contribution < 1.29 is 0 Å². The molecule has 0 unspecified atom stereocenters. The highest BCUT2D eigenvalue weighted by Crippen LogP contribution is 1.99. The Morgan fingerprint density at radius 1 is 1.08 bits per heavy atom. The zero-order valence-electron chi connectivity index (χ0n) is 7.76. The fourth-order valence-corrected chi connectivity index (χ4v) is 0.932. The minimum absolute atomic E-state index is 0.682. The zero-order valence-corrected chi connectivity index (χ0v) is 7.76. The molecule has 1 aromatic rings. The largest absolute Gasteiger partial charge is 0.354 e. The molecule has 1 N–H and O–H groups in total. The Bertz CT molecular complexity index is 239. The van der Waals surface area contributed by atoms with E-state index in [0.29, 0.717) is 5.95 Å². The molecule has 0 aliphatic carbocycles. The van der Waals surface area contributed by atoms with Crippen LogP contribution in [-0.4, -0.2) is 21.5 Å². The van der Waals surface area contributed by atoms with E-state index in [1.165, 1.54) is 0 Å². The minimum Gasteiger partial charge on any atom is -0.354 e. The van der Waals surface area contributed by atoms with Gasteiger partial charge in [0, 0.05) is 6.54 Å². The van der Waals surface area contributed by atoms with Gasteiger partial charge in [-0.1, -0.05) is 6.92 Å². The number of nitrogens with zero attached hydrogens (tertiary/aromatic N) is 3. The summed E-state index contributed by atoms with van der Waals surface area (Å²) < 4.78 is 0. The SMILES string of the molecule is CCCNc1nc(C)nc(C)n1. The Morgan fingerprint density at radius 2 is 1.67 bits per heavy atom. The van der Waals surface area contributed by atoms with Gasteiger partial charge in [0.15, 0.2) is 0 Å². The van der Waals surface area contributed by atoms with Gasteiger partial charge in [0.25, 0.3) is 0 Å². The Morgan fingerprint density at radius 3 is 2.17 bits per heavy atom. The lowest BCUT2D eigenvalue weighted by atomic mass is 10.5. The first kappa shape index (κ1) is 8.90. The highest BCUT2D eigenvalue weighted by molar-refractivity contribution is 5.23. The smallest absolute Gasteiger partial charge is 0.226 e. The lowest BCUT2D eigenvalue weighted by Gasteiger charge is -2.03. The summed E-state index contributed by atoms with van der Waals surface area (Å²) in [6.07, 6.45) is 1.07. The van der Waals surface area contributed by atoms with Crippen molar-refractivity contribution >= 4 is 5.95 Å². The normalized spacial score (nSPS) is 9.92. The number of rotatable bonds is 3. The molecule has 0 radical (unpaired) electrons. The maximum atomic E-state index is 4.14. The van der Waals surface area contributed by atoms with Crippen LogP contribution in [0.4, 0.5) is 5.95 Å². The molecule has 1 rings (SSSR count). The van der Waals surface area contributed by atoms with Crippen LogP contribution in [0.3, 0.4) is 0 Å². The molecule has 0 amide bonds. The van der Waals surface area contributed by atoms with Crippen LogP contribution in [0.15, 0.2) is 0 Å². The maximum Gasteiger partial charge on any atom is 0.226 e. The Kier molecular flexibility index (Phi) is 2.96. The van der Waals surface area contributed by atoms with Crippen LogP contribution in [0.1, 0.15) is 25.0 Å². The van der Waals surface area contributed by atoms with Gasteiger partial charge in [-0.3, -0.25) is 0 Å². The van der Waals surface area contributed by atoms with Gasteiger partial charge >= 0.3 is 0 Å². The molecular formula is C8H14N4. The van der Waals surface area contributed by atoms with Crippen LogP contribution in [0.5, 0.6) is 0 Å². The average molecular weight is 166 g/mol. The molecule has 0 aliphatic rings. The van der Waals surface area contributed by atoms with Gasteiger partial charge < -0.3 is 5.32 Å². The van der Waals surface area contributed by atoms with E-state index in [1.807, 2.05) is 13.8 Å². The molecule has 12 heavy (non-hydrogen) atoms. The predicted molar refractivity (Wildman–Crippen MR) is 48.1 cm³/mol. The fraction of sp³-hybridized carbons (Fsp3) is 0.625. The molecular weight excluding hydrogens is 152 g/mol. The van der Waals surface area contributed by atoms with Gasteiger partial charge in [-0.25, -0.2) is 4.98 Å². The topological polar surface area (TPSA) is 50.7 Å². The van der Waals surface area contributed by atoms with Crippen molar-refractivity contribution in [3.05, 3.63) is 11.6 Å². The number of aromatic nitrogens is 3. The van der Waals surface area contributed by atoms with E-state index in [2.05, 4.69) is 27.2 Å². The first-order valence-electron chi connectivity index (χ1n) is 4.15. The van der Waals surface area contributed by atoms with Crippen molar-refractivity contribution in [2.24, 2.45) is 0 Å². The molecule has 4 heteroatoms. The van der Waals surface area contributed by atoms with Gasteiger partial charge in [0.2, 0.25) is 5.95 Å². The molecule has 0 saturated heterocycles. The molecule has 0 bridgehead atoms. The van der Waals surface area contributed by atoms with E-state index in [4.69, 9.17) is 0 Å². The number of nitrogens with one attached hydrogen (secondary N) is 1. The van der Waals surface area contributed by atoms with Crippen LogP contribution in [0, 0.1) is 13.8 Å². The van der Waals surface area contributed by atoms with Gasteiger partial charge in [-0.05, 0) is 20.3 Å². The maximum absolute atomic E-state index is 4.14. The van der Waals surface area contributed by atoms with Crippen LogP contribution in [0.25, 0.3) is 0 Å². The first-order chi connectivity index (χ1) is 5.72. The number of aryl methyl sites for hydroxylation is 2. The van der Waals surface area contributed by atoms with Crippen molar-refractivity contribution in [2.45, 2.75) is 27.2 Å². The number of hydrogen-bond donors (Lipinski definition) is 1. The second-order valence-electron chi connectivity index (χ2n) is 2.68. The minimum atomic E-state index is 0.682. The Labute approximate surface area is 72.5 Å². The summed E-state index contributed by atoms with van der Waals surface area (Å²) in [6, 6.07) is 0. The third kappa shape index (κ3) is 2.45. The van der Waals surface area contributed by atoms with Crippen LogP contribution in [0.2, 0.25) is 0 Å². The molecule has 66 valence electrons. The third-order valence-corrected chi connectivity index (χ3v) is 1.39. The van der Waals surface area contributed by atoms with Gasteiger partial charge in [-0.15, -0.1) is 0 Å². The summed E-state index contributed by atoms with van der Waals surface area (Å²) >= 11 is 0. The summed E-state index contributed by atoms with van der Waals surface area (Å²) in [4.78, 5) is 12.4. The third-order valence-electron chi connectivity index (χ3n) is 1.39. The number of anilines is 1. The molecule has 0 fully saturated rings. The molecule has 0 spiro atoms. The van der Waals surface area contributed by atoms with Crippen LogP contribution in [-0.2, 0) is 0 Å². The van der Waals surface area contributed by atoms with E-state index in [0.717, 1.165) is 24.6 Å². The molecule has 1 heterocycles. The van der Waals surface area contributed by atoms with Crippen molar-refractivity contribution in [3.8, 4) is 0 Å². The Hall–Kier alpha value is -1.19. The lowest BCUT2D eigenvalue weighted by Crippen LogP contribution is -2.07. The molecule has 0 atom stereocenters. The van der Waals surface area contributed by atoms with Crippen LogP contribution >= 0.6 is 0 Å². The zero-order chi connectivity index (χ0) is 8.97. The van der Waals surface area contributed by atoms with Crippen molar-refractivity contribution in [2.75, 3.05) is 11.9 Å². The lowest BCUT2D eigenvalue weighted by molar-refractivity contribution is 0.890. The standard InChI is InChI=1S/C8H14N4/c1-4-5-9-8-11-6(2)10-7(3)12-8/h4-5H2,1-3H3,(H,9,10,11,12). The van der Waals surface area contributed by atoms with E-state index < -0.39 is 0 Å². The predicted octanol–water partition coefficient (Wildman–Crippen LogP) is 1.31. The average Bonchev–Trinajstić information content (AvgIpc) is 1.99. The highest BCUT2D eigenvalue weighted by Gasteiger charge is 1.97. The van der Waals surface area contributed by atoms with E-state index in [9.17, 15) is 0 Å². The van der Waals surface area contributed by atoms with E-state index >= 15 is 0 Å². The van der Waals surface area contributed by atoms with Crippen molar-refractivity contribution in [1.82, 2.24) is 15.0 Å². The molecule has 0 aromatic carbocycles. The second-order valence-corrected chi connectivity index (χ2v) is 2.68. The van der Waals surface area contributed by atoms with Gasteiger partial charge in [-0.2, -0.15) is 9.97 Å². The highest BCUT2D eigenvalue weighted by atomic mass is 15.1. The van der Waals surface area contributed by atoms with E-state index in [1.54, 1.807) is 0 Å². The molecule has 1 aromatic heterocycles. The summed E-state index contributed by atoms with van der Waals surface area (Å²) in [5.41, 5.74) is 0. The fourth-order valence-electron chi connectivity index (χ4n) is 0.932. The Balaban J connectivity index is 2.72. The summed E-state index contributed by atoms with van der Waals surface area (Å²) in [6.45, 7) is 6.74. The summed E-state index contributed by atoms with van der Waals surface area (Å²) in [5, 5.41) is 3.11. The molecule has 0 aliphatic heterocycles. The number of hydrogen-bond acceptors (Lipinski definition) is 4. The quantitative estimate of drug-likeness (QED) is 0.735. The second kappa shape index (κ2) is 3.99. The monoisotopic (exact) mass is 166 g/mol. The summed E-state index contributed by atoms with van der Waals surface area (Å²) in [5.74, 6) is 2.21.